The summed E-state index contributed by atoms with van der Waals surface area (Å²) in [5.74, 6) is 4.54. The Morgan fingerprint density at radius 2 is 1.88 bits per heavy atom. The molecule has 0 aliphatic carbocycles. The molecule has 4 atom stereocenters. The van der Waals surface area contributed by atoms with Gasteiger partial charge in [0.25, 0.3) is 5.91 Å². The molecule has 25 heavy (non-hydrogen) atoms. The summed E-state index contributed by atoms with van der Waals surface area (Å²) < 4.78 is 5.13. The summed E-state index contributed by atoms with van der Waals surface area (Å²) in [6, 6.07) is -1.11. The number of nitrogens with two attached hydrogens (primary N) is 3. The zero-order chi connectivity index (χ0) is 19.3. The van der Waals surface area contributed by atoms with Crippen molar-refractivity contribution in [3.05, 3.63) is 11.4 Å². The number of nitrogens with zero attached hydrogens (tertiary/aromatic N) is 1. The summed E-state index contributed by atoms with van der Waals surface area (Å²) in [5, 5.41) is 38.9. The molecule has 0 spiro atoms. The van der Waals surface area contributed by atoms with Crippen LogP contribution in [0.2, 0.25) is 0 Å². The highest BCUT2D eigenvalue weighted by atomic mass is 16.6. The number of aliphatic hydroxyl groups is 3. The lowest BCUT2D eigenvalue weighted by atomic mass is 10.1. The van der Waals surface area contributed by atoms with Crippen molar-refractivity contribution >= 4 is 17.6 Å². The Morgan fingerprint density at radius 1 is 1.28 bits per heavy atom. The second kappa shape index (κ2) is 8.73. The number of nitrogens with one attached hydrogen (secondary N) is 2. The molecule has 3 amide bonds. The van der Waals surface area contributed by atoms with E-state index in [0.29, 0.717) is 11.4 Å². The molecule has 1 saturated heterocycles. The van der Waals surface area contributed by atoms with Crippen LogP contribution in [0.5, 0.6) is 0 Å². The molecule has 1 aliphatic rings. The van der Waals surface area contributed by atoms with Crippen molar-refractivity contribution in [3.63, 3.8) is 0 Å². The predicted molar refractivity (Wildman–Crippen MR) is 85.4 cm³/mol. The zero-order valence-electron chi connectivity index (χ0n) is 13.7. The fourth-order valence-corrected chi connectivity index (χ4v) is 2.25. The number of hydrogen-bond acceptors (Lipinski definition) is 9. The summed E-state index contributed by atoms with van der Waals surface area (Å²) in [6.45, 7) is 1.18. The van der Waals surface area contributed by atoms with Crippen molar-refractivity contribution in [2.24, 2.45) is 17.3 Å². The van der Waals surface area contributed by atoms with E-state index in [2.05, 4.69) is 0 Å². The van der Waals surface area contributed by atoms with E-state index in [0.717, 1.165) is 0 Å². The number of hydrogen-bond donors (Lipinski definition) is 8. The van der Waals surface area contributed by atoms with Crippen LogP contribution >= 0.6 is 0 Å². The molecule has 12 nitrogen and oxygen atoms in total. The van der Waals surface area contributed by atoms with Gasteiger partial charge in [0.1, 0.15) is 24.0 Å². The van der Waals surface area contributed by atoms with Gasteiger partial charge in [-0.05, 0) is 6.42 Å². The van der Waals surface area contributed by atoms with Gasteiger partial charge in [-0.15, -0.1) is 0 Å². The van der Waals surface area contributed by atoms with Crippen LogP contribution in [0.1, 0.15) is 19.8 Å². The minimum absolute atomic E-state index is 0.117. The first-order chi connectivity index (χ1) is 11.6. The molecule has 0 aromatic carbocycles. The molecule has 11 N–H and O–H groups in total. The summed E-state index contributed by atoms with van der Waals surface area (Å²) in [4.78, 5) is 23.7. The number of allylic oxidation sites excluding steroid dienone is 1. The minimum atomic E-state index is -1.60. The van der Waals surface area contributed by atoms with E-state index in [1.807, 2.05) is 5.32 Å². The topological polar surface area (TPSA) is 221 Å². The van der Waals surface area contributed by atoms with Crippen molar-refractivity contribution in [1.29, 1.82) is 5.41 Å². The molecular weight excluding hydrogens is 336 g/mol. The Kier molecular flexibility index (Phi) is 7.26. The predicted octanol–water partition coefficient (Wildman–Crippen LogP) is -3.21. The first kappa shape index (κ1) is 20.8. The molecule has 1 aliphatic heterocycles. The molecule has 1 rings (SSSR count). The molecule has 0 saturated carbocycles. The molecular formula is C13H24N6O6. The number of rotatable bonds is 7. The van der Waals surface area contributed by atoms with Crippen LogP contribution < -0.4 is 22.6 Å². The summed E-state index contributed by atoms with van der Waals surface area (Å²) in [5.41, 5.74) is 9.75. The van der Waals surface area contributed by atoms with Crippen LogP contribution in [-0.2, 0) is 9.53 Å². The average Bonchev–Trinajstić information content (AvgIpc) is 2.85. The number of ether oxygens (including phenoxy) is 1. The molecule has 0 bridgehead atoms. The minimum Gasteiger partial charge on any atom is -0.395 e. The number of primary amides is 1. The van der Waals surface area contributed by atoms with Gasteiger partial charge in [0, 0.05) is 0 Å². The van der Waals surface area contributed by atoms with Crippen LogP contribution in [0.4, 0.5) is 4.79 Å². The summed E-state index contributed by atoms with van der Waals surface area (Å²) in [7, 11) is 0. The number of hydrazine groups is 1. The van der Waals surface area contributed by atoms with Crippen molar-refractivity contribution < 1.29 is 29.6 Å². The van der Waals surface area contributed by atoms with E-state index >= 15 is 0 Å². The molecule has 0 aromatic rings. The molecule has 12 heteroatoms. The smallest absolute Gasteiger partial charge is 0.316 e. The maximum absolute atomic E-state index is 12.5. The van der Waals surface area contributed by atoms with Crippen LogP contribution in [0.25, 0.3) is 0 Å². The number of amides is 3. The maximum atomic E-state index is 12.5. The maximum Gasteiger partial charge on any atom is 0.316 e. The van der Waals surface area contributed by atoms with E-state index in [1.165, 1.54) is 0 Å². The summed E-state index contributed by atoms with van der Waals surface area (Å²) >= 11 is 0. The van der Waals surface area contributed by atoms with Crippen LogP contribution in [0.15, 0.2) is 11.4 Å². The molecule has 1 fully saturated rings. The Bertz CT molecular complexity index is 567. The SMILES string of the molecule is CCCC(=N)/C(N)=C(\NC(N)=O)C(=O)N(N)C1OC(CO)C(O)C1O. The quantitative estimate of drug-likeness (QED) is 0.0756. The highest BCUT2D eigenvalue weighted by molar-refractivity contribution is 6.07. The number of carbonyl (C=O) groups excluding carboxylic acids is 2. The van der Waals surface area contributed by atoms with Crippen molar-refractivity contribution in [1.82, 2.24) is 10.3 Å². The third-order valence-electron chi connectivity index (χ3n) is 3.58. The number of aliphatic hydroxyl groups excluding tert-OH is 3. The van der Waals surface area contributed by atoms with Gasteiger partial charge < -0.3 is 42.2 Å². The van der Waals surface area contributed by atoms with Crippen molar-refractivity contribution in [3.8, 4) is 0 Å². The van der Waals surface area contributed by atoms with E-state index in [1.54, 1.807) is 6.92 Å². The highest BCUT2D eigenvalue weighted by Crippen LogP contribution is 2.23. The standard InChI is InChI=1S/C13H24N6O6/c1-2-3-5(14)7(15)8(18-13(16)24)11(23)19(17)12-10(22)9(21)6(4-20)25-12/h6,9-10,12,14,20-22H,2-4,15,17H2,1H3,(H3,16,18,24)/b8-7+,14-5?. The van der Waals surface area contributed by atoms with Crippen LogP contribution in [0, 0.1) is 5.41 Å². The lowest BCUT2D eigenvalue weighted by Gasteiger charge is -2.27. The van der Waals surface area contributed by atoms with Crippen LogP contribution in [-0.4, -0.2) is 69.1 Å². The first-order valence-electron chi connectivity index (χ1n) is 7.50. The van der Waals surface area contributed by atoms with Gasteiger partial charge in [0.2, 0.25) is 0 Å². The molecule has 4 unspecified atom stereocenters. The number of carbonyl (C=O) groups is 2. The Morgan fingerprint density at radius 3 is 2.32 bits per heavy atom. The van der Waals surface area contributed by atoms with Gasteiger partial charge in [0.15, 0.2) is 6.23 Å². The van der Waals surface area contributed by atoms with Gasteiger partial charge in [0.05, 0.1) is 18.0 Å². The molecule has 0 aromatic heterocycles. The monoisotopic (exact) mass is 360 g/mol. The molecule has 0 radical (unpaired) electrons. The van der Waals surface area contributed by atoms with Crippen molar-refractivity contribution in [2.45, 2.75) is 44.3 Å². The third-order valence-corrected chi connectivity index (χ3v) is 3.58. The number of urea groups is 1. The fraction of sp³-hybridized carbons (Fsp3) is 0.615. The third kappa shape index (κ3) is 4.64. The van der Waals surface area contributed by atoms with Gasteiger partial charge in [-0.2, -0.15) is 0 Å². The largest absolute Gasteiger partial charge is 0.395 e. The lowest BCUT2D eigenvalue weighted by Crippen LogP contribution is -2.54. The van der Waals surface area contributed by atoms with E-state index in [-0.39, 0.29) is 17.8 Å². The summed E-state index contributed by atoms with van der Waals surface area (Å²) in [6.07, 6.45) is -4.91. The van der Waals surface area contributed by atoms with Gasteiger partial charge >= 0.3 is 6.03 Å². The van der Waals surface area contributed by atoms with Crippen molar-refractivity contribution in [2.75, 3.05) is 6.61 Å². The van der Waals surface area contributed by atoms with E-state index in [4.69, 9.17) is 32.6 Å². The highest BCUT2D eigenvalue weighted by Gasteiger charge is 2.46. The second-order valence-electron chi connectivity index (χ2n) is 5.45. The normalized spacial score (nSPS) is 26.8. The zero-order valence-corrected chi connectivity index (χ0v) is 13.7. The van der Waals surface area contributed by atoms with Crippen LogP contribution in [0.3, 0.4) is 0 Å². The van der Waals surface area contributed by atoms with Gasteiger partial charge in [-0.25, -0.2) is 15.6 Å². The fourth-order valence-electron chi connectivity index (χ4n) is 2.25. The second-order valence-corrected chi connectivity index (χ2v) is 5.45. The Labute approximate surface area is 143 Å². The lowest BCUT2D eigenvalue weighted by molar-refractivity contribution is -0.150. The Balaban J connectivity index is 3.11. The van der Waals surface area contributed by atoms with Gasteiger partial charge in [-0.1, -0.05) is 13.3 Å². The Hall–Kier alpha value is -2.25. The average molecular weight is 360 g/mol. The van der Waals surface area contributed by atoms with E-state index < -0.39 is 48.8 Å². The molecule has 1 heterocycles. The van der Waals surface area contributed by atoms with E-state index in [9.17, 15) is 19.8 Å². The first-order valence-corrected chi connectivity index (χ1v) is 7.50. The van der Waals surface area contributed by atoms with Gasteiger partial charge in [-0.3, -0.25) is 4.79 Å². The molecule has 142 valence electrons.